The Labute approximate surface area is 147 Å². The van der Waals surface area contributed by atoms with Gasteiger partial charge in [-0.05, 0) is 85.6 Å². The molecule has 0 unspecified atom stereocenters. The van der Waals surface area contributed by atoms with Crippen molar-refractivity contribution in [1.29, 1.82) is 0 Å². The zero-order valence-corrected chi connectivity index (χ0v) is 15.4. The largest absolute Gasteiger partial charge is 0.508 e. The van der Waals surface area contributed by atoms with Crippen molar-refractivity contribution in [2.24, 2.45) is 0 Å². The molecule has 0 aliphatic heterocycles. The van der Waals surface area contributed by atoms with Crippen LogP contribution in [0.3, 0.4) is 0 Å². The third-order valence-corrected chi connectivity index (χ3v) is 5.50. The summed E-state index contributed by atoms with van der Waals surface area (Å²) in [6.07, 6.45) is 6.27. The summed E-state index contributed by atoms with van der Waals surface area (Å²) < 4.78 is 1.10. The summed E-state index contributed by atoms with van der Waals surface area (Å²) in [6, 6.07) is 12.5. The van der Waals surface area contributed by atoms with E-state index in [0.717, 1.165) is 10.0 Å². The van der Waals surface area contributed by atoms with Gasteiger partial charge in [-0.15, -0.1) is 0 Å². The molecule has 0 bridgehead atoms. The summed E-state index contributed by atoms with van der Waals surface area (Å²) in [5.41, 5.74) is 7.64. The number of rotatable bonds is 2. The molecule has 1 aliphatic rings. The van der Waals surface area contributed by atoms with Crippen LogP contribution in [0.1, 0.15) is 54.4 Å². The molecule has 0 heterocycles. The van der Waals surface area contributed by atoms with Crippen molar-refractivity contribution in [2.45, 2.75) is 46.0 Å². The van der Waals surface area contributed by atoms with Crippen LogP contribution < -0.4 is 0 Å². The van der Waals surface area contributed by atoms with Crippen molar-refractivity contribution in [3.63, 3.8) is 0 Å². The highest BCUT2D eigenvalue weighted by Crippen LogP contribution is 2.38. The van der Waals surface area contributed by atoms with Crippen LogP contribution in [0.15, 0.2) is 46.4 Å². The van der Waals surface area contributed by atoms with Gasteiger partial charge in [0.25, 0.3) is 0 Å². The minimum atomic E-state index is 0.384. The Morgan fingerprint density at radius 2 is 1.52 bits per heavy atom. The van der Waals surface area contributed by atoms with Crippen LogP contribution in [0.4, 0.5) is 0 Å². The Balaban J connectivity index is 2.20. The quantitative estimate of drug-likeness (QED) is 0.636. The molecule has 1 saturated carbocycles. The molecule has 2 aromatic rings. The molecule has 0 amide bonds. The standard InChI is InChI=1S/C21H23BrO/c1-14-15(2)20(23)13-12-19(14)21(16-6-4-3-5-7-16)17-8-10-18(22)11-9-17/h8-13,23H,3-7H2,1-2H3. The number of benzene rings is 2. The van der Waals surface area contributed by atoms with Gasteiger partial charge in [0, 0.05) is 4.47 Å². The fourth-order valence-electron chi connectivity index (χ4n) is 3.47. The van der Waals surface area contributed by atoms with Crippen LogP contribution in [0.2, 0.25) is 0 Å². The summed E-state index contributed by atoms with van der Waals surface area (Å²) in [5, 5.41) is 10.0. The Bertz CT molecular complexity index is 733. The molecule has 0 aromatic heterocycles. The maximum absolute atomic E-state index is 10.0. The average molecular weight is 371 g/mol. The lowest BCUT2D eigenvalue weighted by Gasteiger charge is -2.22. The lowest BCUT2D eigenvalue weighted by atomic mass is 9.83. The number of aromatic hydroxyl groups is 1. The van der Waals surface area contributed by atoms with Gasteiger partial charge in [-0.1, -0.05) is 46.1 Å². The van der Waals surface area contributed by atoms with E-state index in [1.54, 1.807) is 5.57 Å². The number of halogens is 1. The summed E-state index contributed by atoms with van der Waals surface area (Å²) in [6.45, 7) is 4.12. The molecule has 1 fully saturated rings. The molecule has 2 aromatic carbocycles. The van der Waals surface area contributed by atoms with Gasteiger partial charge in [0.2, 0.25) is 0 Å². The summed E-state index contributed by atoms with van der Waals surface area (Å²) in [5.74, 6) is 0.384. The third-order valence-electron chi connectivity index (χ3n) is 4.97. The molecule has 1 N–H and O–H groups in total. The first-order valence-corrected chi connectivity index (χ1v) is 9.14. The number of allylic oxidation sites excluding steroid dienone is 1. The second-order valence-corrected chi connectivity index (χ2v) is 7.34. The SMILES string of the molecule is Cc1c(O)ccc(C(=C2CCCCC2)c2ccc(Br)cc2)c1C. The van der Waals surface area contributed by atoms with Crippen LogP contribution >= 0.6 is 15.9 Å². The second kappa shape index (κ2) is 6.92. The van der Waals surface area contributed by atoms with E-state index in [-0.39, 0.29) is 0 Å². The van der Waals surface area contributed by atoms with E-state index in [0.29, 0.717) is 5.75 Å². The van der Waals surface area contributed by atoms with Crippen molar-refractivity contribution in [3.8, 4) is 5.75 Å². The third kappa shape index (κ3) is 3.37. The number of phenols is 1. The van der Waals surface area contributed by atoms with Crippen molar-refractivity contribution in [3.05, 3.63) is 68.7 Å². The minimum Gasteiger partial charge on any atom is -0.508 e. The number of phenolic OH excluding ortho intramolecular Hbond substituents is 1. The first-order valence-electron chi connectivity index (χ1n) is 8.35. The Hall–Kier alpha value is -1.54. The molecule has 1 nitrogen and oxygen atoms in total. The Morgan fingerprint density at radius 3 is 2.17 bits per heavy atom. The smallest absolute Gasteiger partial charge is 0.118 e. The normalized spacial score (nSPS) is 14.8. The summed E-state index contributed by atoms with van der Waals surface area (Å²) in [4.78, 5) is 0. The Kier molecular flexibility index (Phi) is 4.91. The highest BCUT2D eigenvalue weighted by atomic mass is 79.9. The van der Waals surface area contributed by atoms with Gasteiger partial charge in [0.15, 0.2) is 0 Å². The van der Waals surface area contributed by atoms with Crippen LogP contribution in [0, 0.1) is 13.8 Å². The van der Waals surface area contributed by atoms with E-state index in [4.69, 9.17) is 0 Å². The van der Waals surface area contributed by atoms with Gasteiger partial charge in [-0.2, -0.15) is 0 Å². The summed E-state index contributed by atoms with van der Waals surface area (Å²) >= 11 is 3.53. The van der Waals surface area contributed by atoms with Crippen LogP contribution in [-0.4, -0.2) is 5.11 Å². The molecule has 0 saturated heterocycles. The van der Waals surface area contributed by atoms with E-state index >= 15 is 0 Å². The molecule has 23 heavy (non-hydrogen) atoms. The minimum absolute atomic E-state index is 0.384. The van der Waals surface area contributed by atoms with Gasteiger partial charge >= 0.3 is 0 Å². The zero-order valence-electron chi connectivity index (χ0n) is 13.8. The first-order chi connectivity index (χ1) is 11.1. The molecule has 1 aliphatic carbocycles. The topological polar surface area (TPSA) is 20.2 Å². The maximum Gasteiger partial charge on any atom is 0.118 e. The number of hydrogen-bond donors (Lipinski definition) is 1. The van der Waals surface area contributed by atoms with Gasteiger partial charge in [0.05, 0.1) is 0 Å². The Morgan fingerprint density at radius 1 is 0.870 bits per heavy atom. The summed E-state index contributed by atoms with van der Waals surface area (Å²) in [7, 11) is 0. The van der Waals surface area contributed by atoms with E-state index in [1.807, 2.05) is 13.0 Å². The monoisotopic (exact) mass is 370 g/mol. The number of hydrogen-bond acceptors (Lipinski definition) is 1. The molecule has 3 rings (SSSR count). The highest BCUT2D eigenvalue weighted by Gasteiger charge is 2.18. The molecule has 120 valence electrons. The average Bonchev–Trinajstić information content (AvgIpc) is 2.58. The van der Waals surface area contributed by atoms with Crippen molar-refractivity contribution < 1.29 is 5.11 Å². The molecular formula is C21H23BrO. The van der Waals surface area contributed by atoms with Gasteiger partial charge < -0.3 is 5.11 Å². The van der Waals surface area contributed by atoms with E-state index < -0.39 is 0 Å². The predicted octanol–water partition coefficient (Wildman–Crippen LogP) is 6.54. The van der Waals surface area contributed by atoms with E-state index in [1.165, 1.54) is 54.4 Å². The van der Waals surface area contributed by atoms with Gasteiger partial charge in [-0.25, -0.2) is 0 Å². The predicted molar refractivity (Wildman–Crippen MR) is 101 cm³/mol. The van der Waals surface area contributed by atoms with Crippen LogP contribution in [0.5, 0.6) is 5.75 Å². The van der Waals surface area contributed by atoms with Gasteiger partial charge in [0.1, 0.15) is 5.75 Å². The zero-order chi connectivity index (χ0) is 16.4. The lowest BCUT2D eigenvalue weighted by molar-refractivity contribution is 0.470. The lowest BCUT2D eigenvalue weighted by Crippen LogP contribution is -2.02. The van der Waals surface area contributed by atoms with E-state index in [9.17, 15) is 5.11 Å². The van der Waals surface area contributed by atoms with Crippen molar-refractivity contribution >= 4 is 21.5 Å². The van der Waals surface area contributed by atoms with E-state index in [2.05, 4.69) is 53.2 Å². The van der Waals surface area contributed by atoms with Crippen molar-refractivity contribution in [2.75, 3.05) is 0 Å². The fraction of sp³-hybridized carbons (Fsp3) is 0.333. The molecular weight excluding hydrogens is 348 g/mol. The van der Waals surface area contributed by atoms with Crippen LogP contribution in [-0.2, 0) is 0 Å². The molecule has 0 radical (unpaired) electrons. The second-order valence-electron chi connectivity index (χ2n) is 6.43. The molecule has 0 spiro atoms. The van der Waals surface area contributed by atoms with Crippen molar-refractivity contribution in [1.82, 2.24) is 0 Å². The molecule has 0 atom stereocenters. The first kappa shape index (κ1) is 16.3. The van der Waals surface area contributed by atoms with Crippen LogP contribution in [0.25, 0.3) is 5.57 Å². The van der Waals surface area contributed by atoms with Gasteiger partial charge in [-0.3, -0.25) is 0 Å². The highest BCUT2D eigenvalue weighted by molar-refractivity contribution is 9.10. The fourth-order valence-corrected chi connectivity index (χ4v) is 3.74. The maximum atomic E-state index is 10.0. The molecule has 2 heteroatoms.